The molecule has 124 valence electrons. The predicted octanol–water partition coefficient (Wildman–Crippen LogP) is 2.37. The predicted molar refractivity (Wildman–Crippen MR) is 92.3 cm³/mol. The largest absolute Gasteiger partial charge is 0.340 e. The van der Waals surface area contributed by atoms with E-state index in [9.17, 15) is 4.79 Å². The van der Waals surface area contributed by atoms with E-state index in [1.807, 2.05) is 33.7 Å². The lowest BCUT2D eigenvalue weighted by molar-refractivity contribution is -0.131. The number of aromatic nitrogens is 2. The molecule has 0 radical (unpaired) electrons. The van der Waals surface area contributed by atoms with Crippen LogP contribution in [0.4, 0.5) is 0 Å². The molecule has 0 unspecified atom stereocenters. The summed E-state index contributed by atoms with van der Waals surface area (Å²) >= 11 is 0. The van der Waals surface area contributed by atoms with Gasteiger partial charge in [-0.25, -0.2) is 4.98 Å². The zero-order chi connectivity index (χ0) is 16.4. The van der Waals surface area contributed by atoms with Gasteiger partial charge in [0.1, 0.15) is 6.54 Å². The van der Waals surface area contributed by atoms with Crippen molar-refractivity contribution in [2.75, 3.05) is 26.2 Å². The standard InChI is InChI=1S/C18H26N4O/c1-18(2,3)22-10-6-9-20(11-12-22)17(23)13-21-14-19-15-7-4-5-8-16(15)21/h4-5,7-8,14H,6,9-13H2,1-3H3. The van der Waals surface area contributed by atoms with E-state index in [1.165, 1.54) is 0 Å². The lowest BCUT2D eigenvalue weighted by Crippen LogP contribution is -2.44. The molecule has 5 heteroatoms. The first-order valence-electron chi connectivity index (χ1n) is 8.38. The van der Waals surface area contributed by atoms with Crippen molar-refractivity contribution in [1.29, 1.82) is 0 Å². The van der Waals surface area contributed by atoms with Gasteiger partial charge in [-0.3, -0.25) is 9.69 Å². The lowest BCUT2D eigenvalue weighted by Gasteiger charge is -2.34. The van der Waals surface area contributed by atoms with Crippen molar-refractivity contribution >= 4 is 16.9 Å². The van der Waals surface area contributed by atoms with E-state index >= 15 is 0 Å². The molecule has 0 bridgehead atoms. The molecule has 1 aromatic heterocycles. The maximum absolute atomic E-state index is 12.7. The van der Waals surface area contributed by atoms with E-state index in [4.69, 9.17) is 0 Å². The van der Waals surface area contributed by atoms with Gasteiger partial charge in [-0.05, 0) is 39.3 Å². The summed E-state index contributed by atoms with van der Waals surface area (Å²) in [7, 11) is 0. The molecule has 0 saturated carbocycles. The van der Waals surface area contributed by atoms with E-state index in [2.05, 4.69) is 30.7 Å². The molecule has 1 aliphatic rings. The zero-order valence-electron chi connectivity index (χ0n) is 14.3. The average Bonchev–Trinajstić information content (AvgIpc) is 2.74. The number of benzene rings is 1. The minimum absolute atomic E-state index is 0.166. The Bertz CT molecular complexity index is 686. The van der Waals surface area contributed by atoms with Crippen LogP contribution < -0.4 is 0 Å². The highest BCUT2D eigenvalue weighted by atomic mass is 16.2. The van der Waals surface area contributed by atoms with E-state index in [1.54, 1.807) is 6.33 Å². The van der Waals surface area contributed by atoms with Gasteiger partial charge in [0.25, 0.3) is 0 Å². The number of hydrogen-bond donors (Lipinski definition) is 0. The summed E-state index contributed by atoms with van der Waals surface area (Å²) in [6, 6.07) is 7.94. The number of imidazole rings is 1. The normalized spacial score (nSPS) is 17.4. The Hall–Kier alpha value is -1.88. The van der Waals surface area contributed by atoms with Gasteiger partial charge < -0.3 is 9.47 Å². The van der Waals surface area contributed by atoms with Gasteiger partial charge >= 0.3 is 0 Å². The third-order valence-electron chi connectivity index (χ3n) is 4.63. The summed E-state index contributed by atoms with van der Waals surface area (Å²) in [4.78, 5) is 21.5. The van der Waals surface area contributed by atoms with Gasteiger partial charge in [-0.1, -0.05) is 12.1 Å². The molecule has 1 aromatic carbocycles. The highest BCUT2D eigenvalue weighted by Gasteiger charge is 2.25. The first-order chi connectivity index (χ1) is 10.9. The van der Waals surface area contributed by atoms with Crippen LogP contribution >= 0.6 is 0 Å². The molecular weight excluding hydrogens is 288 g/mol. The lowest BCUT2D eigenvalue weighted by atomic mass is 10.1. The second-order valence-electron chi connectivity index (χ2n) is 7.25. The minimum atomic E-state index is 0.166. The number of carbonyl (C=O) groups excluding carboxylic acids is 1. The summed E-state index contributed by atoms with van der Waals surface area (Å²) < 4.78 is 1.95. The molecule has 1 amide bonds. The molecule has 23 heavy (non-hydrogen) atoms. The maximum Gasteiger partial charge on any atom is 0.242 e. The van der Waals surface area contributed by atoms with Crippen molar-refractivity contribution in [3.63, 3.8) is 0 Å². The number of rotatable bonds is 2. The van der Waals surface area contributed by atoms with Gasteiger partial charge in [0.05, 0.1) is 17.4 Å². The number of nitrogens with zero attached hydrogens (tertiary/aromatic N) is 4. The van der Waals surface area contributed by atoms with Crippen molar-refractivity contribution in [2.45, 2.75) is 39.3 Å². The van der Waals surface area contributed by atoms with E-state index in [0.29, 0.717) is 6.54 Å². The van der Waals surface area contributed by atoms with Crippen LogP contribution in [0.25, 0.3) is 11.0 Å². The van der Waals surface area contributed by atoms with Gasteiger partial charge in [0.15, 0.2) is 0 Å². The Morgan fingerprint density at radius 2 is 1.91 bits per heavy atom. The van der Waals surface area contributed by atoms with E-state index in [0.717, 1.165) is 43.6 Å². The molecule has 0 spiro atoms. The topological polar surface area (TPSA) is 41.4 Å². The van der Waals surface area contributed by atoms with E-state index in [-0.39, 0.29) is 11.4 Å². The van der Waals surface area contributed by atoms with Crippen molar-refractivity contribution < 1.29 is 4.79 Å². The number of amides is 1. The number of para-hydroxylation sites is 2. The Morgan fingerprint density at radius 1 is 1.13 bits per heavy atom. The van der Waals surface area contributed by atoms with Crippen LogP contribution in [0, 0.1) is 0 Å². The van der Waals surface area contributed by atoms with Crippen molar-refractivity contribution in [1.82, 2.24) is 19.4 Å². The van der Waals surface area contributed by atoms with Crippen LogP contribution in [0.1, 0.15) is 27.2 Å². The quantitative estimate of drug-likeness (QED) is 0.854. The van der Waals surface area contributed by atoms with Crippen LogP contribution in [0.2, 0.25) is 0 Å². The zero-order valence-corrected chi connectivity index (χ0v) is 14.3. The van der Waals surface area contributed by atoms with Crippen LogP contribution in [0.5, 0.6) is 0 Å². The first-order valence-corrected chi connectivity index (χ1v) is 8.38. The summed E-state index contributed by atoms with van der Waals surface area (Å²) in [5.41, 5.74) is 2.13. The Kier molecular flexibility index (Phi) is 4.39. The second kappa shape index (κ2) is 6.32. The second-order valence-corrected chi connectivity index (χ2v) is 7.25. The Labute approximate surface area is 137 Å². The van der Waals surface area contributed by atoms with Crippen LogP contribution in [-0.2, 0) is 11.3 Å². The highest BCUT2D eigenvalue weighted by molar-refractivity contribution is 5.80. The highest BCUT2D eigenvalue weighted by Crippen LogP contribution is 2.17. The van der Waals surface area contributed by atoms with Gasteiger partial charge in [0, 0.05) is 31.7 Å². The molecule has 2 heterocycles. The summed E-state index contributed by atoms with van der Waals surface area (Å²) in [6.45, 7) is 10.7. The monoisotopic (exact) mass is 314 g/mol. The fourth-order valence-corrected chi connectivity index (χ4v) is 3.22. The Balaban J connectivity index is 1.67. The van der Waals surface area contributed by atoms with Crippen molar-refractivity contribution in [3.8, 4) is 0 Å². The molecule has 1 aliphatic heterocycles. The van der Waals surface area contributed by atoms with Crippen LogP contribution in [0.15, 0.2) is 30.6 Å². The number of fused-ring (bicyclic) bond motifs is 1. The average molecular weight is 314 g/mol. The summed E-state index contributed by atoms with van der Waals surface area (Å²) in [5, 5.41) is 0. The summed E-state index contributed by atoms with van der Waals surface area (Å²) in [6.07, 6.45) is 2.80. The van der Waals surface area contributed by atoms with Crippen molar-refractivity contribution in [3.05, 3.63) is 30.6 Å². The minimum Gasteiger partial charge on any atom is -0.340 e. The van der Waals surface area contributed by atoms with Gasteiger partial charge in [-0.2, -0.15) is 0 Å². The molecule has 0 N–H and O–H groups in total. The SMILES string of the molecule is CC(C)(C)N1CCCN(C(=O)Cn2cnc3ccccc32)CC1. The molecule has 1 saturated heterocycles. The van der Waals surface area contributed by atoms with Gasteiger partial charge in [-0.15, -0.1) is 0 Å². The molecule has 0 atom stereocenters. The van der Waals surface area contributed by atoms with Crippen LogP contribution in [-0.4, -0.2) is 57.0 Å². The molecular formula is C18H26N4O. The number of carbonyl (C=O) groups is 1. The van der Waals surface area contributed by atoms with E-state index < -0.39 is 0 Å². The Morgan fingerprint density at radius 3 is 2.70 bits per heavy atom. The fraction of sp³-hybridized carbons (Fsp3) is 0.556. The van der Waals surface area contributed by atoms with Crippen molar-refractivity contribution in [2.24, 2.45) is 0 Å². The molecule has 0 aliphatic carbocycles. The third-order valence-corrected chi connectivity index (χ3v) is 4.63. The number of hydrogen-bond acceptors (Lipinski definition) is 3. The smallest absolute Gasteiger partial charge is 0.242 e. The molecule has 1 fully saturated rings. The fourth-order valence-electron chi connectivity index (χ4n) is 3.22. The third kappa shape index (κ3) is 3.55. The molecule has 5 nitrogen and oxygen atoms in total. The summed E-state index contributed by atoms with van der Waals surface area (Å²) in [5.74, 6) is 0.184. The first kappa shape index (κ1) is 16.0. The van der Waals surface area contributed by atoms with Crippen LogP contribution in [0.3, 0.4) is 0 Å². The molecule has 3 rings (SSSR count). The van der Waals surface area contributed by atoms with Gasteiger partial charge in [0.2, 0.25) is 5.91 Å². The maximum atomic E-state index is 12.7. The molecule has 2 aromatic rings.